The van der Waals surface area contributed by atoms with Crippen LogP contribution >= 0.6 is 0 Å². The number of likely N-dealkylation sites (tertiary alicyclic amines) is 2. The molecular weight excluding hydrogens is 476 g/mol. The molecule has 0 spiro atoms. The number of ether oxygens (including phenoxy) is 1. The molecule has 0 radical (unpaired) electrons. The lowest BCUT2D eigenvalue weighted by Gasteiger charge is -2.38. The lowest BCUT2D eigenvalue weighted by molar-refractivity contribution is -0.137. The van der Waals surface area contributed by atoms with Crippen LogP contribution in [-0.2, 0) is 25.7 Å². The summed E-state index contributed by atoms with van der Waals surface area (Å²) in [4.78, 5) is 55.7. The highest BCUT2D eigenvalue weighted by Gasteiger charge is 2.40. The molecule has 4 aliphatic rings. The van der Waals surface area contributed by atoms with Crippen molar-refractivity contribution in [3.8, 4) is 0 Å². The Bertz CT molecular complexity index is 1050. The molecule has 0 saturated carbocycles. The summed E-state index contributed by atoms with van der Waals surface area (Å²) in [5, 5.41) is 5.31. The maximum Gasteiger partial charge on any atom is 0.255 e. The zero-order valence-corrected chi connectivity index (χ0v) is 21.1. The summed E-state index contributed by atoms with van der Waals surface area (Å²) >= 11 is 0. The van der Waals surface area contributed by atoms with Crippen molar-refractivity contribution in [2.75, 3.05) is 57.8 Å². The highest BCUT2D eigenvalue weighted by atomic mass is 16.5. The number of hydrogen-bond acceptors (Lipinski definition) is 8. The van der Waals surface area contributed by atoms with Gasteiger partial charge in [-0.2, -0.15) is 0 Å². The average molecular weight is 513 g/mol. The molecule has 11 nitrogen and oxygen atoms in total. The van der Waals surface area contributed by atoms with Crippen LogP contribution in [0, 0.1) is 5.92 Å². The molecule has 5 rings (SSSR count). The van der Waals surface area contributed by atoms with Gasteiger partial charge in [0.1, 0.15) is 6.04 Å². The van der Waals surface area contributed by atoms with Crippen molar-refractivity contribution in [3.63, 3.8) is 0 Å². The van der Waals surface area contributed by atoms with E-state index in [1.54, 1.807) is 18.2 Å². The van der Waals surface area contributed by atoms with Crippen LogP contribution in [0.3, 0.4) is 0 Å². The highest BCUT2D eigenvalue weighted by molar-refractivity contribution is 6.07. The number of benzene rings is 1. The minimum atomic E-state index is -0.679. The van der Waals surface area contributed by atoms with Gasteiger partial charge in [-0.1, -0.05) is 6.07 Å². The Kier molecular flexibility index (Phi) is 7.84. The lowest BCUT2D eigenvalue weighted by atomic mass is 9.98. The SMILES string of the molecule is NC1CCN(CCOCCN2CC(C(=O)Nc3cccc4c3CN(C3CCC(=O)NC3=O)C4=O)C2)CC1. The predicted molar refractivity (Wildman–Crippen MR) is 136 cm³/mol. The number of anilines is 1. The summed E-state index contributed by atoms with van der Waals surface area (Å²) in [6, 6.07) is 4.90. The van der Waals surface area contributed by atoms with Crippen LogP contribution in [0.25, 0.3) is 0 Å². The summed E-state index contributed by atoms with van der Waals surface area (Å²) < 4.78 is 5.80. The number of carbonyl (C=O) groups excluding carboxylic acids is 4. The van der Waals surface area contributed by atoms with Crippen LogP contribution in [0.1, 0.15) is 41.6 Å². The van der Waals surface area contributed by atoms with Gasteiger partial charge >= 0.3 is 0 Å². The quantitative estimate of drug-likeness (QED) is 0.305. The fourth-order valence-corrected chi connectivity index (χ4v) is 5.52. The third-order valence-corrected chi connectivity index (χ3v) is 7.90. The first-order chi connectivity index (χ1) is 17.9. The second-order valence-electron chi connectivity index (χ2n) is 10.5. The number of amides is 4. The zero-order valence-electron chi connectivity index (χ0n) is 21.1. The number of nitrogens with one attached hydrogen (secondary N) is 2. The third kappa shape index (κ3) is 5.85. The number of carbonyl (C=O) groups is 4. The van der Waals surface area contributed by atoms with E-state index < -0.39 is 11.9 Å². The number of imide groups is 1. The Morgan fingerprint density at radius 1 is 1.05 bits per heavy atom. The van der Waals surface area contributed by atoms with Crippen molar-refractivity contribution >= 4 is 29.3 Å². The molecule has 37 heavy (non-hydrogen) atoms. The van der Waals surface area contributed by atoms with Gasteiger partial charge in [0.25, 0.3) is 5.91 Å². The number of nitrogens with two attached hydrogens (primary N) is 1. The van der Waals surface area contributed by atoms with E-state index >= 15 is 0 Å². The van der Waals surface area contributed by atoms with Crippen molar-refractivity contribution in [2.45, 2.75) is 44.3 Å². The predicted octanol–water partition coefficient (Wildman–Crippen LogP) is -0.242. The molecule has 1 aromatic carbocycles. The van der Waals surface area contributed by atoms with Gasteiger partial charge in [0.05, 0.1) is 19.1 Å². The van der Waals surface area contributed by atoms with Crippen LogP contribution in [-0.4, -0.2) is 103 Å². The molecule has 4 N–H and O–H groups in total. The van der Waals surface area contributed by atoms with E-state index in [4.69, 9.17) is 10.5 Å². The second kappa shape index (κ2) is 11.3. The molecule has 1 atom stereocenters. The first-order valence-corrected chi connectivity index (χ1v) is 13.2. The first-order valence-electron chi connectivity index (χ1n) is 13.2. The average Bonchev–Trinajstić information content (AvgIpc) is 3.18. The van der Waals surface area contributed by atoms with E-state index in [2.05, 4.69) is 20.4 Å². The Morgan fingerprint density at radius 3 is 2.51 bits per heavy atom. The van der Waals surface area contributed by atoms with Crippen molar-refractivity contribution in [1.82, 2.24) is 20.0 Å². The van der Waals surface area contributed by atoms with E-state index in [1.807, 2.05) is 0 Å². The molecule has 4 amide bonds. The molecule has 0 bridgehead atoms. The molecule has 3 saturated heterocycles. The van der Waals surface area contributed by atoms with Crippen molar-refractivity contribution in [1.29, 1.82) is 0 Å². The number of rotatable bonds is 9. The maximum atomic E-state index is 13.0. The minimum absolute atomic E-state index is 0.0687. The van der Waals surface area contributed by atoms with E-state index in [1.165, 1.54) is 4.90 Å². The molecule has 4 heterocycles. The fraction of sp³-hybridized carbons (Fsp3) is 0.615. The molecule has 3 fully saturated rings. The lowest BCUT2D eigenvalue weighted by Crippen LogP contribution is -2.53. The van der Waals surface area contributed by atoms with E-state index in [0.717, 1.165) is 39.0 Å². The minimum Gasteiger partial charge on any atom is -0.379 e. The zero-order chi connectivity index (χ0) is 25.9. The Labute approximate surface area is 216 Å². The summed E-state index contributed by atoms with van der Waals surface area (Å²) in [6.45, 7) is 6.75. The smallest absolute Gasteiger partial charge is 0.255 e. The summed E-state index contributed by atoms with van der Waals surface area (Å²) in [7, 11) is 0. The van der Waals surface area contributed by atoms with Crippen molar-refractivity contribution < 1.29 is 23.9 Å². The van der Waals surface area contributed by atoms with E-state index in [9.17, 15) is 19.2 Å². The molecule has 1 unspecified atom stereocenters. The van der Waals surface area contributed by atoms with Gasteiger partial charge in [0.15, 0.2) is 0 Å². The fourth-order valence-electron chi connectivity index (χ4n) is 5.52. The van der Waals surface area contributed by atoms with E-state index in [-0.39, 0.29) is 36.6 Å². The van der Waals surface area contributed by atoms with Crippen molar-refractivity contribution in [2.24, 2.45) is 11.7 Å². The first kappa shape index (κ1) is 25.8. The van der Waals surface area contributed by atoms with Gasteiger partial charge < -0.3 is 25.6 Å². The van der Waals surface area contributed by atoms with Crippen LogP contribution in [0.15, 0.2) is 18.2 Å². The van der Waals surface area contributed by atoms with Gasteiger partial charge in [-0.15, -0.1) is 0 Å². The number of piperidine rings is 2. The topological polar surface area (TPSA) is 137 Å². The largest absolute Gasteiger partial charge is 0.379 e. The molecule has 0 aliphatic carbocycles. The maximum absolute atomic E-state index is 13.0. The van der Waals surface area contributed by atoms with Crippen LogP contribution < -0.4 is 16.4 Å². The van der Waals surface area contributed by atoms with Crippen LogP contribution in [0.2, 0.25) is 0 Å². The summed E-state index contributed by atoms with van der Waals surface area (Å²) in [5.41, 5.74) is 7.75. The molecule has 4 aliphatic heterocycles. The highest BCUT2D eigenvalue weighted by Crippen LogP contribution is 2.33. The Balaban J connectivity index is 1.05. The number of hydrogen-bond donors (Lipinski definition) is 3. The molecule has 11 heteroatoms. The van der Waals surface area contributed by atoms with Gasteiger partial charge in [-0.3, -0.25) is 29.4 Å². The standard InChI is InChI=1S/C26H36N6O5/c27-18-6-8-30(9-7-18)10-12-37-13-11-31-14-17(15-31)24(34)28-21-3-1-2-19-20(21)16-32(26(19)36)22-4-5-23(33)29-25(22)35/h1-3,17-18,22H,4-16,27H2,(H,28,34)(H,29,33,35). The molecule has 1 aromatic rings. The van der Waals surface area contributed by atoms with Gasteiger partial charge in [-0.25, -0.2) is 0 Å². The van der Waals surface area contributed by atoms with Gasteiger partial charge in [-0.05, 0) is 44.5 Å². The monoisotopic (exact) mass is 512 g/mol. The molecule has 0 aromatic heterocycles. The number of nitrogens with zero attached hydrogens (tertiary/aromatic N) is 3. The Hall–Kier alpha value is -2.86. The van der Waals surface area contributed by atoms with Gasteiger partial charge in [0.2, 0.25) is 17.7 Å². The third-order valence-electron chi connectivity index (χ3n) is 7.90. The second-order valence-corrected chi connectivity index (χ2v) is 10.5. The summed E-state index contributed by atoms with van der Waals surface area (Å²) in [5.74, 6) is -1.20. The van der Waals surface area contributed by atoms with Crippen LogP contribution in [0.5, 0.6) is 0 Å². The van der Waals surface area contributed by atoms with Gasteiger partial charge in [0, 0.05) is 62.0 Å². The van der Waals surface area contributed by atoms with Crippen molar-refractivity contribution in [3.05, 3.63) is 29.3 Å². The van der Waals surface area contributed by atoms with E-state index in [0.29, 0.717) is 55.6 Å². The summed E-state index contributed by atoms with van der Waals surface area (Å²) in [6.07, 6.45) is 2.62. The van der Waals surface area contributed by atoms with Crippen LogP contribution in [0.4, 0.5) is 5.69 Å². The molecule has 200 valence electrons. The Morgan fingerprint density at radius 2 is 1.78 bits per heavy atom. The molecular formula is C26H36N6O5. The normalized spacial score (nSPS) is 23.6. The number of fused-ring (bicyclic) bond motifs is 1.